The fourth-order valence-corrected chi connectivity index (χ4v) is 3.04. The zero-order chi connectivity index (χ0) is 20.8. The summed E-state index contributed by atoms with van der Waals surface area (Å²) in [5.74, 6) is -1.65. The van der Waals surface area contributed by atoms with Crippen LogP contribution >= 0.6 is 23.2 Å². The van der Waals surface area contributed by atoms with Crippen LogP contribution in [0, 0.1) is 0 Å². The fraction of sp³-hybridized carbons (Fsp3) is 0.211. The second kappa shape index (κ2) is 9.43. The van der Waals surface area contributed by atoms with Gasteiger partial charge in [-0.05, 0) is 36.8 Å². The lowest BCUT2D eigenvalue weighted by Gasteiger charge is -2.14. The molecule has 0 bridgehead atoms. The van der Waals surface area contributed by atoms with Gasteiger partial charge in [-0.3, -0.25) is 9.59 Å². The maximum Gasteiger partial charge on any atom is 0.328 e. The predicted molar refractivity (Wildman–Crippen MR) is 105 cm³/mol. The number of halogens is 2. The Labute approximate surface area is 171 Å². The normalized spacial score (nSPS) is 11.4. The zero-order valence-electron chi connectivity index (χ0n) is 15.1. The number of carbonyl (C=O) groups is 3. The van der Waals surface area contributed by atoms with Gasteiger partial charge in [0.25, 0.3) is 11.8 Å². The Bertz CT molecular complexity index is 894. The van der Waals surface area contributed by atoms with Crippen LogP contribution in [0.5, 0.6) is 5.75 Å². The van der Waals surface area contributed by atoms with Crippen molar-refractivity contribution in [2.75, 3.05) is 7.11 Å². The van der Waals surface area contributed by atoms with E-state index >= 15 is 0 Å². The second-order valence-corrected chi connectivity index (χ2v) is 6.70. The van der Waals surface area contributed by atoms with Gasteiger partial charge in [0.2, 0.25) is 0 Å². The summed E-state index contributed by atoms with van der Waals surface area (Å²) in [5, 5.41) is 14.5. The third kappa shape index (κ3) is 5.37. The third-order valence-corrected chi connectivity index (χ3v) is 4.39. The van der Waals surface area contributed by atoms with Crippen LogP contribution in [0.1, 0.15) is 33.2 Å². The first-order valence-corrected chi connectivity index (χ1v) is 8.92. The fourth-order valence-electron chi connectivity index (χ4n) is 2.38. The lowest BCUT2D eigenvalue weighted by atomic mass is 10.1. The maximum atomic E-state index is 12.3. The Balaban J connectivity index is 2.12. The van der Waals surface area contributed by atoms with Gasteiger partial charge in [-0.1, -0.05) is 35.3 Å². The number of hydrogen-bond acceptors (Lipinski definition) is 5. The summed E-state index contributed by atoms with van der Waals surface area (Å²) in [6.45, 7) is 1.64. The van der Waals surface area contributed by atoms with Gasteiger partial charge in [0.15, 0.2) is 0 Å². The van der Waals surface area contributed by atoms with Gasteiger partial charge in [-0.15, -0.1) is 0 Å². The molecule has 0 aliphatic rings. The molecule has 2 aromatic rings. The van der Waals surface area contributed by atoms with Crippen molar-refractivity contribution in [3.05, 3.63) is 63.1 Å². The summed E-state index contributed by atoms with van der Waals surface area (Å²) in [6, 6.07) is 8.18. The smallest absolute Gasteiger partial charge is 0.328 e. The van der Waals surface area contributed by atoms with Gasteiger partial charge in [-0.25, -0.2) is 4.79 Å². The number of amides is 2. The van der Waals surface area contributed by atoms with E-state index in [4.69, 9.17) is 23.2 Å². The number of carbonyl (C=O) groups excluding carboxylic acids is 3. The van der Waals surface area contributed by atoms with E-state index in [2.05, 4.69) is 15.4 Å². The van der Waals surface area contributed by atoms with Crippen molar-refractivity contribution in [2.45, 2.75) is 19.5 Å². The van der Waals surface area contributed by atoms with E-state index in [1.165, 1.54) is 38.3 Å². The highest BCUT2D eigenvalue weighted by molar-refractivity contribution is 6.40. The Morgan fingerprint density at radius 1 is 1.11 bits per heavy atom. The lowest BCUT2D eigenvalue weighted by Crippen LogP contribution is -2.39. The van der Waals surface area contributed by atoms with Crippen LogP contribution < -0.4 is 10.6 Å². The predicted octanol–water partition coefficient (Wildman–Crippen LogP) is 2.92. The number of nitrogens with one attached hydrogen (secondary N) is 2. The highest BCUT2D eigenvalue weighted by Crippen LogP contribution is 2.27. The number of methoxy groups -OCH3 is 1. The molecule has 148 valence electrons. The Hall–Kier alpha value is -2.77. The number of aromatic hydroxyl groups is 1. The zero-order valence-corrected chi connectivity index (χ0v) is 16.6. The summed E-state index contributed by atoms with van der Waals surface area (Å²) in [6.07, 6.45) is 0. The number of rotatable bonds is 6. The van der Waals surface area contributed by atoms with Gasteiger partial charge in [0, 0.05) is 12.1 Å². The van der Waals surface area contributed by atoms with Gasteiger partial charge in [0.05, 0.1) is 22.7 Å². The summed E-state index contributed by atoms with van der Waals surface area (Å²) in [5.41, 5.74) is 0.815. The highest BCUT2D eigenvalue weighted by Gasteiger charge is 2.22. The Kier molecular flexibility index (Phi) is 7.25. The second-order valence-electron chi connectivity index (χ2n) is 5.89. The molecule has 7 nitrogen and oxygen atoms in total. The van der Waals surface area contributed by atoms with Crippen molar-refractivity contribution in [3.8, 4) is 5.75 Å². The average Bonchev–Trinajstić information content (AvgIpc) is 2.64. The van der Waals surface area contributed by atoms with Gasteiger partial charge in [-0.2, -0.15) is 0 Å². The molecule has 0 fully saturated rings. The first-order chi connectivity index (χ1) is 13.2. The lowest BCUT2D eigenvalue weighted by molar-refractivity contribution is -0.142. The van der Waals surface area contributed by atoms with Crippen LogP contribution in [0.4, 0.5) is 0 Å². The molecular formula is C19H18Cl2N2O5. The van der Waals surface area contributed by atoms with Gasteiger partial charge >= 0.3 is 5.97 Å². The molecule has 0 saturated carbocycles. The molecule has 0 heterocycles. The van der Waals surface area contributed by atoms with Crippen molar-refractivity contribution >= 4 is 41.0 Å². The van der Waals surface area contributed by atoms with Crippen molar-refractivity contribution in [1.82, 2.24) is 10.6 Å². The summed E-state index contributed by atoms with van der Waals surface area (Å²) >= 11 is 12.3. The van der Waals surface area contributed by atoms with E-state index in [0.717, 1.165) is 0 Å². The van der Waals surface area contributed by atoms with E-state index in [-0.39, 0.29) is 33.5 Å². The van der Waals surface area contributed by atoms with Crippen molar-refractivity contribution in [2.24, 2.45) is 0 Å². The largest absolute Gasteiger partial charge is 0.508 e. The van der Waals surface area contributed by atoms with E-state index in [9.17, 15) is 19.5 Å². The number of phenols is 1. The molecule has 1 atom stereocenters. The van der Waals surface area contributed by atoms with Crippen LogP contribution in [0.25, 0.3) is 0 Å². The minimum absolute atomic E-state index is 0.0374. The highest BCUT2D eigenvalue weighted by atomic mass is 35.5. The Morgan fingerprint density at radius 3 is 2.32 bits per heavy atom. The molecular weight excluding hydrogens is 407 g/mol. The minimum Gasteiger partial charge on any atom is -0.508 e. The van der Waals surface area contributed by atoms with Crippen LogP contribution in [0.2, 0.25) is 10.0 Å². The quantitative estimate of drug-likeness (QED) is 0.618. The topological polar surface area (TPSA) is 105 Å². The molecule has 28 heavy (non-hydrogen) atoms. The Morgan fingerprint density at radius 2 is 1.75 bits per heavy atom. The molecule has 2 amide bonds. The molecule has 0 saturated heterocycles. The number of esters is 1. The van der Waals surface area contributed by atoms with E-state index in [0.29, 0.717) is 5.56 Å². The summed E-state index contributed by atoms with van der Waals surface area (Å²) in [4.78, 5) is 36.1. The molecule has 2 rings (SSSR count). The van der Waals surface area contributed by atoms with Crippen LogP contribution in [0.3, 0.4) is 0 Å². The number of ether oxygens (including phenoxy) is 1. The molecule has 0 aliphatic heterocycles. The first-order valence-electron chi connectivity index (χ1n) is 8.16. The minimum atomic E-state index is -0.894. The average molecular weight is 425 g/mol. The molecule has 0 aromatic heterocycles. The van der Waals surface area contributed by atoms with E-state index < -0.39 is 23.8 Å². The van der Waals surface area contributed by atoms with Crippen molar-refractivity contribution < 1.29 is 24.2 Å². The standard InChI is InChI=1S/C19H18Cl2N2O5/c1-10(19(27)28-2)23-18(26)16-14(20)7-12(8-15(16)21)17(25)22-9-11-4-3-5-13(24)6-11/h3-8,10,24H,9H2,1-2H3,(H,22,25)(H,23,26)/t10-/m0/s1. The third-order valence-electron chi connectivity index (χ3n) is 3.80. The summed E-state index contributed by atoms with van der Waals surface area (Å²) in [7, 11) is 1.20. The number of phenolic OH excluding ortho intramolecular Hbond substituents is 1. The summed E-state index contributed by atoms with van der Waals surface area (Å²) < 4.78 is 4.54. The molecule has 2 aromatic carbocycles. The molecule has 0 spiro atoms. The van der Waals surface area contributed by atoms with Crippen molar-refractivity contribution in [3.63, 3.8) is 0 Å². The number of hydrogen-bond donors (Lipinski definition) is 3. The molecule has 0 aliphatic carbocycles. The monoisotopic (exact) mass is 424 g/mol. The van der Waals surface area contributed by atoms with Crippen LogP contribution in [-0.2, 0) is 16.1 Å². The van der Waals surface area contributed by atoms with Crippen LogP contribution in [0.15, 0.2) is 36.4 Å². The first kappa shape index (κ1) is 21.5. The molecule has 0 radical (unpaired) electrons. The molecule has 9 heteroatoms. The van der Waals surface area contributed by atoms with Crippen molar-refractivity contribution in [1.29, 1.82) is 0 Å². The van der Waals surface area contributed by atoms with E-state index in [1.807, 2.05) is 0 Å². The molecule has 0 unspecified atom stereocenters. The SMILES string of the molecule is COC(=O)[C@H](C)NC(=O)c1c(Cl)cc(C(=O)NCc2cccc(O)c2)cc1Cl. The van der Waals surface area contributed by atoms with Gasteiger partial charge < -0.3 is 20.5 Å². The van der Waals surface area contributed by atoms with Crippen LogP contribution in [-0.4, -0.2) is 36.0 Å². The van der Waals surface area contributed by atoms with E-state index in [1.54, 1.807) is 12.1 Å². The molecule has 3 N–H and O–H groups in total. The maximum absolute atomic E-state index is 12.3. The van der Waals surface area contributed by atoms with Gasteiger partial charge in [0.1, 0.15) is 11.8 Å². The number of benzene rings is 2.